The molecule has 172 valence electrons. The van der Waals surface area contributed by atoms with Crippen LogP contribution >= 0.6 is 11.3 Å². The summed E-state index contributed by atoms with van der Waals surface area (Å²) in [5, 5.41) is 7.32. The molecule has 1 amide bonds. The first-order valence-corrected chi connectivity index (χ1v) is 11.8. The highest BCUT2D eigenvalue weighted by Crippen LogP contribution is 2.33. The molecule has 0 unspecified atom stereocenters. The summed E-state index contributed by atoms with van der Waals surface area (Å²) in [7, 11) is 3.42. The number of aromatic nitrogens is 4. The third-order valence-electron chi connectivity index (χ3n) is 5.57. The summed E-state index contributed by atoms with van der Waals surface area (Å²) < 4.78 is 8.22. The van der Waals surface area contributed by atoms with Gasteiger partial charge in [0.1, 0.15) is 17.9 Å². The molecule has 0 aliphatic carbocycles. The maximum Gasteiger partial charge on any atom is 0.262 e. The standard InChI is InChI=1S/C25H24N6O2S/c1-16(25(32)30(2)3)33-22-6-4-5-20-23(22)24(27-14-26-20)29-18-7-8-21-17(11-18)9-10-31(21)12-19-13-34-15-28-19/h4-11,13-16H,12H2,1-3H3,(H,26,27,29)/t16-/m1/s1. The molecule has 5 rings (SSSR count). The lowest BCUT2D eigenvalue weighted by Gasteiger charge is -2.20. The van der Waals surface area contributed by atoms with Crippen molar-refractivity contribution in [1.29, 1.82) is 0 Å². The molecule has 3 aromatic heterocycles. The zero-order chi connectivity index (χ0) is 23.7. The summed E-state index contributed by atoms with van der Waals surface area (Å²) in [6.07, 6.45) is 2.96. The smallest absolute Gasteiger partial charge is 0.262 e. The molecular weight excluding hydrogens is 448 g/mol. The summed E-state index contributed by atoms with van der Waals surface area (Å²) in [5.41, 5.74) is 5.66. The van der Waals surface area contributed by atoms with Crippen molar-refractivity contribution in [2.24, 2.45) is 0 Å². The van der Waals surface area contributed by atoms with E-state index in [2.05, 4.69) is 54.6 Å². The van der Waals surface area contributed by atoms with Gasteiger partial charge in [-0.15, -0.1) is 11.3 Å². The SMILES string of the molecule is C[C@@H](Oc1cccc2ncnc(Nc3ccc4c(ccn4Cc4cscn4)c3)c12)C(=O)N(C)C. The Kier molecular flexibility index (Phi) is 5.85. The Hall–Kier alpha value is -3.98. The fourth-order valence-electron chi connectivity index (χ4n) is 3.92. The van der Waals surface area contributed by atoms with Crippen LogP contribution in [0.25, 0.3) is 21.8 Å². The number of ether oxygens (including phenoxy) is 1. The molecule has 8 nitrogen and oxygen atoms in total. The Labute approximate surface area is 200 Å². The number of carbonyl (C=O) groups is 1. The van der Waals surface area contributed by atoms with E-state index in [4.69, 9.17) is 4.74 Å². The van der Waals surface area contributed by atoms with E-state index in [-0.39, 0.29) is 5.91 Å². The van der Waals surface area contributed by atoms with Gasteiger partial charge in [0, 0.05) is 42.3 Å². The first kappa shape index (κ1) is 21.8. The lowest BCUT2D eigenvalue weighted by atomic mass is 10.2. The minimum Gasteiger partial charge on any atom is -0.480 e. The number of nitrogens with one attached hydrogen (secondary N) is 1. The van der Waals surface area contributed by atoms with Crippen molar-refractivity contribution in [2.75, 3.05) is 19.4 Å². The zero-order valence-corrected chi connectivity index (χ0v) is 19.9. The number of carbonyl (C=O) groups excluding carboxylic acids is 1. The Morgan fingerprint density at radius 2 is 2.06 bits per heavy atom. The van der Waals surface area contributed by atoms with Crippen molar-refractivity contribution in [3.8, 4) is 5.75 Å². The average Bonchev–Trinajstić information content (AvgIpc) is 3.49. The predicted molar refractivity (Wildman–Crippen MR) is 135 cm³/mol. The second kappa shape index (κ2) is 9.11. The van der Waals surface area contributed by atoms with Crippen molar-refractivity contribution >= 4 is 50.6 Å². The number of rotatable bonds is 7. The van der Waals surface area contributed by atoms with Crippen LogP contribution in [-0.2, 0) is 11.3 Å². The Balaban J connectivity index is 1.46. The van der Waals surface area contributed by atoms with Gasteiger partial charge in [-0.3, -0.25) is 4.79 Å². The largest absolute Gasteiger partial charge is 0.480 e. The van der Waals surface area contributed by atoms with Crippen LogP contribution < -0.4 is 10.1 Å². The van der Waals surface area contributed by atoms with Crippen molar-refractivity contribution < 1.29 is 9.53 Å². The third-order valence-corrected chi connectivity index (χ3v) is 6.20. The van der Waals surface area contributed by atoms with E-state index in [1.54, 1.807) is 32.4 Å². The molecule has 0 aliphatic heterocycles. The minimum absolute atomic E-state index is 0.115. The third kappa shape index (κ3) is 4.29. The quantitative estimate of drug-likeness (QED) is 0.370. The number of fused-ring (bicyclic) bond motifs is 2. The van der Waals surface area contributed by atoms with Crippen LogP contribution in [0.3, 0.4) is 0 Å². The second-order valence-corrected chi connectivity index (χ2v) is 8.91. The Morgan fingerprint density at radius 3 is 2.85 bits per heavy atom. The topological polar surface area (TPSA) is 85.2 Å². The number of nitrogens with zero attached hydrogens (tertiary/aromatic N) is 5. The van der Waals surface area contributed by atoms with E-state index in [0.29, 0.717) is 11.6 Å². The van der Waals surface area contributed by atoms with Crippen LogP contribution in [0.2, 0.25) is 0 Å². The average molecular weight is 473 g/mol. The van der Waals surface area contributed by atoms with Crippen molar-refractivity contribution in [1.82, 2.24) is 24.4 Å². The van der Waals surface area contributed by atoms with Gasteiger partial charge >= 0.3 is 0 Å². The molecular formula is C25H24N6O2S. The zero-order valence-electron chi connectivity index (χ0n) is 19.1. The molecule has 0 spiro atoms. The van der Waals surface area contributed by atoms with Crippen LogP contribution in [0.4, 0.5) is 11.5 Å². The number of benzene rings is 2. The number of hydrogen-bond acceptors (Lipinski definition) is 7. The number of amides is 1. The van der Waals surface area contributed by atoms with Gasteiger partial charge in [0.05, 0.1) is 28.7 Å². The van der Waals surface area contributed by atoms with Crippen molar-refractivity contribution in [2.45, 2.75) is 19.6 Å². The number of hydrogen-bond donors (Lipinski definition) is 1. The van der Waals surface area contributed by atoms with Gasteiger partial charge in [0.25, 0.3) is 5.91 Å². The molecule has 2 aromatic carbocycles. The molecule has 3 heterocycles. The molecule has 0 bridgehead atoms. The molecule has 34 heavy (non-hydrogen) atoms. The highest BCUT2D eigenvalue weighted by atomic mass is 32.1. The normalized spacial score (nSPS) is 12.1. The summed E-state index contributed by atoms with van der Waals surface area (Å²) in [6, 6.07) is 13.9. The maximum atomic E-state index is 12.3. The van der Waals surface area contributed by atoms with Crippen molar-refractivity contribution in [3.63, 3.8) is 0 Å². The molecule has 0 fully saturated rings. The van der Waals surface area contributed by atoms with Crippen molar-refractivity contribution in [3.05, 3.63) is 71.6 Å². The lowest BCUT2D eigenvalue weighted by Crippen LogP contribution is -2.35. The lowest BCUT2D eigenvalue weighted by molar-refractivity contribution is -0.135. The Bertz CT molecular complexity index is 1460. The minimum atomic E-state index is -0.637. The highest BCUT2D eigenvalue weighted by Gasteiger charge is 2.19. The molecule has 9 heteroatoms. The van der Waals surface area contributed by atoms with Crippen LogP contribution in [-0.4, -0.2) is 50.5 Å². The summed E-state index contributed by atoms with van der Waals surface area (Å²) >= 11 is 1.60. The van der Waals surface area contributed by atoms with Crippen LogP contribution in [0, 0.1) is 0 Å². The molecule has 0 radical (unpaired) electrons. The van der Waals surface area contributed by atoms with Gasteiger partial charge in [-0.25, -0.2) is 15.0 Å². The molecule has 1 atom stereocenters. The van der Waals surface area contributed by atoms with E-state index in [0.717, 1.165) is 39.7 Å². The van der Waals surface area contributed by atoms with E-state index in [1.807, 2.05) is 29.8 Å². The summed E-state index contributed by atoms with van der Waals surface area (Å²) in [4.78, 5) is 27.1. The van der Waals surface area contributed by atoms with Gasteiger partial charge in [-0.1, -0.05) is 6.07 Å². The van der Waals surface area contributed by atoms with Crippen LogP contribution in [0.1, 0.15) is 12.6 Å². The number of likely N-dealkylation sites (N-methyl/N-ethyl adjacent to an activating group) is 1. The fourth-order valence-corrected chi connectivity index (χ4v) is 4.47. The van der Waals surface area contributed by atoms with E-state index in [1.165, 1.54) is 11.2 Å². The van der Waals surface area contributed by atoms with Gasteiger partial charge in [0.15, 0.2) is 6.10 Å². The molecule has 5 aromatic rings. The highest BCUT2D eigenvalue weighted by molar-refractivity contribution is 7.07. The summed E-state index contributed by atoms with van der Waals surface area (Å²) in [6.45, 7) is 2.48. The van der Waals surface area contributed by atoms with Crippen LogP contribution in [0.5, 0.6) is 5.75 Å². The van der Waals surface area contributed by atoms with Crippen LogP contribution in [0.15, 0.2) is 65.9 Å². The summed E-state index contributed by atoms with van der Waals surface area (Å²) in [5.74, 6) is 1.06. The van der Waals surface area contributed by atoms with Gasteiger partial charge in [-0.2, -0.15) is 0 Å². The van der Waals surface area contributed by atoms with E-state index >= 15 is 0 Å². The Morgan fingerprint density at radius 1 is 1.18 bits per heavy atom. The van der Waals surface area contributed by atoms with E-state index < -0.39 is 6.10 Å². The predicted octanol–water partition coefficient (Wildman–Crippen LogP) is 4.69. The van der Waals surface area contributed by atoms with Gasteiger partial charge < -0.3 is 19.5 Å². The van der Waals surface area contributed by atoms with E-state index in [9.17, 15) is 4.79 Å². The monoisotopic (exact) mass is 472 g/mol. The molecule has 0 saturated carbocycles. The van der Waals surface area contributed by atoms with Gasteiger partial charge in [-0.05, 0) is 43.3 Å². The first-order chi connectivity index (χ1) is 16.5. The fraction of sp³-hybridized carbons (Fsp3) is 0.200. The molecule has 0 aliphatic rings. The maximum absolute atomic E-state index is 12.3. The first-order valence-electron chi connectivity index (χ1n) is 10.8. The number of anilines is 2. The van der Waals surface area contributed by atoms with Gasteiger partial charge in [0.2, 0.25) is 0 Å². The molecule has 0 saturated heterocycles. The molecule has 1 N–H and O–H groups in total. The second-order valence-electron chi connectivity index (χ2n) is 8.19. The number of thiazole rings is 1.